The Kier molecular flexibility index (Phi) is 61.1. The van der Waals surface area contributed by atoms with E-state index in [1.807, 2.05) is 0 Å². The maximum Gasteiger partial charge on any atom is 0.306 e. The molecular formula is C68H126O6. The van der Waals surface area contributed by atoms with Gasteiger partial charge in [0.1, 0.15) is 13.2 Å². The number of rotatable bonds is 61. The molecule has 0 heterocycles. The summed E-state index contributed by atoms with van der Waals surface area (Å²) in [6.07, 6.45) is 77.5. The highest BCUT2D eigenvalue weighted by Gasteiger charge is 2.19. The van der Waals surface area contributed by atoms with Crippen LogP contribution in [0.3, 0.4) is 0 Å². The molecule has 0 bridgehead atoms. The van der Waals surface area contributed by atoms with Gasteiger partial charge in [-0.3, -0.25) is 14.4 Å². The van der Waals surface area contributed by atoms with Gasteiger partial charge in [0, 0.05) is 19.3 Å². The number of unbranched alkanes of at least 4 members (excludes halogenated alkanes) is 44. The predicted octanol–water partition coefficient (Wildman–Crippen LogP) is 22.4. The lowest BCUT2D eigenvalue weighted by Crippen LogP contribution is -2.30. The number of esters is 3. The molecule has 0 N–H and O–H groups in total. The lowest BCUT2D eigenvalue weighted by Gasteiger charge is -2.18. The maximum atomic E-state index is 12.9. The van der Waals surface area contributed by atoms with Gasteiger partial charge in [0.05, 0.1) is 0 Å². The van der Waals surface area contributed by atoms with E-state index in [0.29, 0.717) is 19.3 Å². The van der Waals surface area contributed by atoms with Crippen LogP contribution in [0.4, 0.5) is 0 Å². The topological polar surface area (TPSA) is 78.9 Å². The van der Waals surface area contributed by atoms with Crippen LogP contribution in [-0.2, 0) is 28.6 Å². The fraction of sp³-hybridized carbons (Fsp3) is 0.868. The summed E-state index contributed by atoms with van der Waals surface area (Å²) in [7, 11) is 0. The van der Waals surface area contributed by atoms with Crippen molar-refractivity contribution in [3.63, 3.8) is 0 Å². The van der Waals surface area contributed by atoms with Crippen molar-refractivity contribution >= 4 is 17.9 Å². The molecule has 0 aromatic heterocycles. The van der Waals surface area contributed by atoms with Crippen LogP contribution < -0.4 is 0 Å². The summed E-state index contributed by atoms with van der Waals surface area (Å²) in [5, 5.41) is 0. The van der Waals surface area contributed by atoms with Crippen LogP contribution in [-0.4, -0.2) is 37.2 Å². The van der Waals surface area contributed by atoms with Gasteiger partial charge in [-0.1, -0.05) is 327 Å². The van der Waals surface area contributed by atoms with Crippen LogP contribution in [0.2, 0.25) is 0 Å². The van der Waals surface area contributed by atoms with E-state index in [9.17, 15) is 14.4 Å². The average Bonchev–Trinajstić information content (AvgIpc) is 3.40. The lowest BCUT2D eigenvalue weighted by atomic mass is 10.0. The third-order valence-electron chi connectivity index (χ3n) is 14.9. The van der Waals surface area contributed by atoms with Crippen LogP contribution in [0, 0.1) is 0 Å². The van der Waals surface area contributed by atoms with Gasteiger partial charge in [-0.2, -0.15) is 0 Å². The molecule has 0 aromatic rings. The van der Waals surface area contributed by atoms with E-state index >= 15 is 0 Å². The average molecular weight is 1040 g/mol. The van der Waals surface area contributed by atoms with Crippen molar-refractivity contribution in [3.05, 3.63) is 36.5 Å². The molecule has 0 fully saturated rings. The number of hydrogen-bond donors (Lipinski definition) is 0. The molecule has 0 aliphatic heterocycles. The molecule has 434 valence electrons. The Morgan fingerprint density at radius 1 is 0.284 bits per heavy atom. The molecule has 0 radical (unpaired) electrons. The summed E-state index contributed by atoms with van der Waals surface area (Å²) in [4.78, 5) is 38.3. The first-order valence-corrected chi connectivity index (χ1v) is 33.0. The molecule has 0 aromatic carbocycles. The second-order valence-electron chi connectivity index (χ2n) is 22.4. The second kappa shape index (κ2) is 63.2. The van der Waals surface area contributed by atoms with E-state index in [-0.39, 0.29) is 31.1 Å². The molecule has 0 amide bonds. The van der Waals surface area contributed by atoms with Crippen molar-refractivity contribution < 1.29 is 28.6 Å². The number of allylic oxidation sites excluding steroid dienone is 6. The van der Waals surface area contributed by atoms with Gasteiger partial charge in [0.15, 0.2) is 6.10 Å². The monoisotopic (exact) mass is 1040 g/mol. The minimum atomic E-state index is -0.780. The standard InChI is InChI=1S/C68H126O6/c1-4-7-10-13-16-19-22-25-27-29-30-31-32-33-34-35-36-37-38-39-41-43-46-49-52-55-58-61-67(70)73-64-65(63-72-66(69)60-57-54-51-48-45-42-24-21-18-15-12-9-6-3)74-68(71)62-59-56-53-50-47-44-40-28-26-23-20-17-14-11-8-5-2/h9,12,18,21,42,45,65H,4-8,10-11,13-17,19-20,22-41,43-44,46-64H2,1-3H3/b12-9-,21-18-,45-42-. The Balaban J connectivity index is 4.19. The van der Waals surface area contributed by atoms with Crippen LogP contribution >= 0.6 is 0 Å². The zero-order valence-corrected chi connectivity index (χ0v) is 49.9. The second-order valence-corrected chi connectivity index (χ2v) is 22.4. The third-order valence-corrected chi connectivity index (χ3v) is 14.9. The van der Waals surface area contributed by atoms with Crippen LogP contribution in [0.5, 0.6) is 0 Å². The van der Waals surface area contributed by atoms with E-state index < -0.39 is 6.10 Å². The number of carbonyl (C=O) groups is 3. The van der Waals surface area contributed by atoms with Gasteiger partial charge in [0.2, 0.25) is 0 Å². The SMILES string of the molecule is CC/C=C\C/C=C\C/C=C\CCCCCC(=O)OCC(COC(=O)CCCCCCCCCCCCCCCCCCCCCCCCCCCCC)OC(=O)CCCCCCCCCCCCCCCCCC. The van der Waals surface area contributed by atoms with Crippen molar-refractivity contribution in [1.29, 1.82) is 0 Å². The van der Waals surface area contributed by atoms with E-state index in [2.05, 4.69) is 57.2 Å². The first-order chi connectivity index (χ1) is 36.5. The largest absolute Gasteiger partial charge is 0.462 e. The van der Waals surface area contributed by atoms with Gasteiger partial charge in [0.25, 0.3) is 0 Å². The zero-order chi connectivity index (χ0) is 53.6. The zero-order valence-electron chi connectivity index (χ0n) is 49.9. The summed E-state index contributed by atoms with van der Waals surface area (Å²) >= 11 is 0. The molecule has 6 heteroatoms. The van der Waals surface area contributed by atoms with E-state index in [1.165, 1.54) is 238 Å². The fourth-order valence-corrected chi connectivity index (χ4v) is 9.99. The minimum Gasteiger partial charge on any atom is -0.462 e. The van der Waals surface area contributed by atoms with E-state index in [4.69, 9.17) is 14.2 Å². The van der Waals surface area contributed by atoms with Gasteiger partial charge in [-0.25, -0.2) is 0 Å². The number of hydrogen-bond acceptors (Lipinski definition) is 6. The highest BCUT2D eigenvalue weighted by Crippen LogP contribution is 2.18. The molecule has 6 nitrogen and oxygen atoms in total. The summed E-state index contributed by atoms with van der Waals surface area (Å²) in [5.74, 6) is -0.882. The van der Waals surface area contributed by atoms with Crippen molar-refractivity contribution in [3.8, 4) is 0 Å². The van der Waals surface area contributed by atoms with Crippen molar-refractivity contribution in [2.75, 3.05) is 13.2 Å². The number of ether oxygens (including phenoxy) is 3. The molecule has 0 saturated heterocycles. The summed E-state index contributed by atoms with van der Waals surface area (Å²) < 4.78 is 16.9. The molecule has 0 aliphatic carbocycles. The van der Waals surface area contributed by atoms with Gasteiger partial charge in [-0.05, 0) is 51.4 Å². The molecule has 0 saturated carbocycles. The first-order valence-electron chi connectivity index (χ1n) is 33.0. The lowest BCUT2D eigenvalue weighted by molar-refractivity contribution is -0.167. The smallest absolute Gasteiger partial charge is 0.306 e. The van der Waals surface area contributed by atoms with E-state index in [0.717, 1.165) is 83.5 Å². The highest BCUT2D eigenvalue weighted by molar-refractivity contribution is 5.71. The molecule has 1 atom stereocenters. The van der Waals surface area contributed by atoms with Gasteiger partial charge < -0.3 is 14.2 Å². The normalized spacial score (nSPS) is 12.2. The van der Waals surface area contributed by atoms with Crippen LogP contribution in [0.1, 0.15) is 361 Å². The Morgan fingerprint density at radius 3 is 0.824 bits per heavy atom. The minimum absolute atomic E-state index is 0.0761. The Hall–Kier alpha value is -2.37. The third kappa shape index (κ3) is 60.5. The Labute approximate surface area is 461 Å². The highest BCUT2D eigenvalue weighted by atomic mass is 16.6. The van der Waals surface area contributed by atoms with Gasteiger partial charge in [-0.15, -0.1) is 0 Å². The maximum absolute atomic E-state index is 12.9. The predicted molar refractivity (Wildman–Crippen MR) is 321 cm³/mol. The van der Waals surface area contributed by atoms with Crippen molar-refractivity contribution in [1.82, 2.24) is 0 Å². The molecule has 0 aliphatic rings. The first kappa shape index (κ1) is 71.6. The fourth-order valence-electron chi connectivity index (χ4n) is 9.99. The van der Waals surface area contributed by atoms with Crippen LogP contribution in [0.15, 0.2) is 36.5 Å². The molecule has 1 unspecified atom stereocenters. The summed E-state index contributed by atoms with van der Waals surface area (Å²) in [5.41, 5.74) is 0. The molecular weight excluding hydrogens is 913 g/mol. The quantitative estimate of drug-likeness (QED) is 0.0261. The summed E-state index contributed by atoms with van der Waals surface area (Å²) in [6.45, 7) is 6.57. The van der Waals surface area contributed by atoms with Gasteiger partial charge >= 0.3 is 17.9 Å². The Morgan fingerprint density at radius 2 is 0.527 bits per heavy atom. The summed E-state index contributed by atoms with van der Waals surface area (Å²) in [6, 6.07) is 0. The van der Waals surface area contributed by atoms with Crippen LogP contribution in [0.25, 0.3) is 0 Å². The van der Waals surface area contributed by atoms with E-state index in [1.54, 1.807) is 0 Å². The molecule has 0 spiro atoms. The van der Waals surface area contributed by atoms with Crippen molar-refractivity contribution in [2.45, 2.75) is 367 Å². The number of carbonyl (C=O) groups excluding carboxylic acids is 3. The Bertz CT molecular complexity index is 1240. The molecule has 74 heavy (non-hydrogen) atoms. The van der Waals surface area contributed by atoms with Crippen molar-refractivity contribution in [2.24, 2.45) is 0 Å². The molecule has 0 rings (SSSR count).